The first-order valence-electron chi connectivity index (χ1n) is 7.90. The van der Waals surface area contributed by atoms with Crippen LogP contribution in [-0.2, 0) is 0 Å². The molecule has 1 aliphatic rings. The molecule has 2 atom stereocenters. The molecule has 2 heterocycles. The van der Waals surface area contributed by atoms with Crippen LogP contribution in [0.25, 0.3) is 0 Å². The Morgan fingerprint density at radius 3 is 2.87 bits per heavy atom. The average molecular weight is 316 g/mol. The standard InChI is InChI=1S/C18H21FN2O2/c1-22-16-8-7-14(19)11-17(16)23-18(13-5-4-9-20-12-13)15-6-2-3-10-21-15/h2-3,6-8,10-11,13,18,20H,4-5,9,12H2,1H3/t13-,18+/m1/s1. The molecular weight excluding hydrogens is 295 g/mol. The smallest absolute Gasteiger partial charge is 0.165 e. The molecular formula is C18H21FN2O2. The fourth-order valence-electron chi connectivity index (χ4n) is 2.96. The second-order valence-corrected chi connectivity index (χ2v) is 5.69. The summed E-state index contributed by atoms with van der Waals surface area (Å²) in [6.45, 7) is 1.88. The third-order valence-corrected chi connectivity index (χ3v) is 4.12. The first kappa shape index (κ1) is 15.7. The molecule has 1 aromatic carbocycles. The van der Waals surface area contributed by atoms with Crippen LogP contribution in [0.3, 0.4) is 0 Å². The highest BCUT2D eigenvalue weighted by Crippen LogP contribution is 2.36. The maximum atomic E-state index is 13.6. The topological polar surface area (TPSA) is 43.4 Å². The minimum absolute atomic E-state index is 0.236. The van der Waals surface area contributed by atoms with Crippen LogP contribution in [-0.4, -0.2) is 25.2 Å². The number of rotatable bonds is 5. The number of halogens is 1. The number of nitrogens with zero attached hydrogens (tertiary/aromatic N) is 1. The van der Waals surface area contributed by atoms with Gasteiger partial charge >= 0.3 is 0 Å². The maximum Gasteiger partial charge on any atom is 0.165 e. The Morgan fingerprint density at radius 2 is 2.17 bits per heavy atom. The van der Waals surface area contributed by atoms with E-state index in [-0.39, 0.29) is 17.8 Å². The Hall–Kier alpha value is -2.14. The molecule has 5 heteroatoms. The summed E-state index contributed by atoms with van der Waals surface area (Å²) in [6, 6.07) is 10.1. The predicted molar refractivity (Wildman–Crippen MR) is 86.2 cm³/mol. The molecule has 1 aromatic heterocycles. The van der Waals surface area contributed by atoms with Crippen molar-refractivity contribution in [2.24, 2.45) is 5.92 Å². The molecule has 0 bridgehead atoms. The van der Waals surface area contributed by atoms with Crippen molar-refractivity contribution in [3.63, 3.8) is 0 Å². The first-order chi connectivity index (χ1) is 11.3. The van der Waals surface area contributed by atoms with E-state index < -0.39 is 0 Å². The van der Waals surface area contributed by atoms with Gasteiger partial charge in [-0.2, -0.15) is 0 Å². The predicted octanol–water partition coefficient (Wildman–Crippen LogP) is 3.35. The van der Waals surface area contributed by atoms with Crippen molar-refractivity contribution < 1.29 is 13.9 Å². The summed E-state index contributed by atoms with van der Waals surface area (Å²) in [4.78, 5) is 4.44. The number of ether oxygens (including phenoxy) is 2. The van der Waals surface area contributed by atoms with E-state index in [0.717, 1.165) is 31.6 Å². The van der Waals surface area contributed by atoms with Crippen LogP contribution >= 0.6 is 0 Å². The summed E-state index contributed by atoms with van der Waals surface area (Å²) in [7, 11) is 1.55. The molecule has 1 fully saturated rings. The SMILES string of the molecule is COc1ccc(F)cc1O[C@H](c1ccccn1)[C@@H]1CCCNC1. The van der Waals surface area contributed by atoms with Gasteiger partial charge in [-0.25, -0.2) is 4.39 Å². The summed E-state index contributed by atoms with van der Waals surface area (Å²) in [6.07, 6.45) is 3.66. The van der Waals surface area contributed by atoms with Gasteiger partial charge in [-0.05, 0) is 43.7 Å². The number of aromatic nitrogens is 1. The molecule has 4 nitrogen and oxygen atoms in total. The third kappa shape index (κ3) is 3.79. The summed E-state index contributed by atoms with van der Waals surface area (Å²) < 4.78 is 25.1. The van der Waals surface area contributed by atoms with E-state index in [1.165, 1.54) is 12.1 Å². The van der Waals surface area contributed by atoms with E-state index in [2.05, 4.69) is 10.3 Å². The molecule has 0 radical (unpaired) electrons. The van der Waals surface area contributed by atoms with Crippen molar-refractivity contribution >= 4 is 0 Å². The van der Waals surface area contributed by atoms with Crippen molar-refractivity contribution in [2.75, 3.05) is 20.2 Å². The third-order valence-electron chi connectivity index (χ3n) is 4.12. The van der Waals surface area contributed by atoms with Crippen LogP contribution < -0.4 is 14.8 Å². The van der Waals surface area contributed by atoms with Crippen molar-refractivity contribution in [2.45, 2.75) is 18.9 Å². The van der Waals surface area contributed by atoms with Gasteiger partial charge in [0.15, 0.2) is 11.5 Å². The molecule has 0 aliphatic carbocycles. The Labute approximate surface area is 135 Å². The number of benzene rings is 1. The zero-order valence-electron chi connectivity index (χ0n) is 13.2. The van der Waals surface area contributed by atoms with Crippen LogP contribution in [0.4, 0.5) is 4.39 Å². The van der Waals surface area contributed by atoms with Gasteiger partial charge in [0.1, 0.15) is 11.9 Å². The zero-order valence-corrected chi connectivity index (χ0v) is 13.2. The Morgan fingerprint density at radius 1 is 1.26 bits per heavy atom. The quantitative estimate of drug-likeness (QED) is 0.919. The lowest BCUT2D eigenvalue weighted by Crippen LogP contribution is -2.35. The molecule has 122 valence electrons. The Bertz CT molecular complexity index is 630. The van der Waals surface area contributed by atoms with Crippen LogP contribution in [0, 0.1) is 11.7 Å². The summed E-state index contributed by atoms with van der Waals surface area (Å²) in [5.74, 6) is 0.874. The molecule has 23 heavy (non-hydrogen) atoms. The fraction of sp³-hybridized carbons (Fsp3) is 0.389. The Balaban J connectivity index is 1.91. The minimum atomic E-state index is -0.345. The average Bonchev–Trinajstić information content (AvgIpc) is 2.61. The van der Waals surface area contributed by atoms with Gasteiger partial charge in [0, 0.05) is 24.7 Å². The van der Waals surface area contributed by atoms with Crippen molar-refractivity contribution in [1.29, 1.82) is 0 Å². The molecule has 3 rings (SSSR count). The van der Waals surface area contributed by atoms with Gasteiger partial charge in [-0.3, -0.25) is 4.98 Å². The second kappa shape index (κ2) is 7.42. The summed E-state index contributed by atoms with van der Waals surface area (Å²) in [5, 5.41) is 3.40. The van der Waals surface area contributed by atoms with Gasteiger partial charge in [0.25, 0.3) is 0 Å². The number of pyridine rings is 1. The lowest BCUT2D eigenvalue weighted by Gasteiger charge is -2.31. The fourth-order valence-corrected chi connectivity index (χ4v) is 2.96. The van der Waals surface area contributed by atoms with Crippen molar-refractivity contribution in [3.8, 4) is 11.5 Å². The van der Waals surface area contributed by atoms with Crippen LogP contribution in [0.5, 0.6) is 11.5 Å². The highest BCUT2D eigenvalue weighted by Gasteiger charge is 2.28. The number of nitrogens with one attached hydrogen (secondary N) is 1. The molecule has 1 N–H and O–H groups in total. The van der Waals surface area contributed by atoms with Gasteiger partial charge in [0.05, 0.1) is 12.8 Å². The van der Waals surface area contributed by atoms with E-state index >= 15 is 0 Å². The molecule has 0 saturated carbocycles. The summed E-state index contributed by atoms with van der Waals surface area (Å²) >= 11 is 0. The van der Waals surface area contributed by atoms with Crippen LogP contribution in [0.15, 0.2) is 42.6 Å². The zero-order chi connectivity index (χ0) is 16.1. The number of piperidine rings is 1. The van der Waals surface area contributed by atoms with E-state index in [1.54, 1.807) is 19.4 Å². The lowest BCUT2D eigenvalue weighted by atomic mass is 9.91. The number of methoxy groups -OCH3 is 1. The lowest BCUT2D eigenvalue weighted by molar-refractivity contribution is 0.108. The molecule has 0 amide bonds. The minimum Gasteiger partial charge on any atom is -0.493 e. The molecule has 1 aliphatic heterocycles. The van der Waals surface area contributed by atoms with Gasteiger partial charge < -0.3 is 14.8 Å². The largest absolute Gasteiger partial charge is 0.493 e. The Kier molecular flexibility index (Phi) is 5.08. The monoisotopic (exact) mass is 316 g/mol. The highest BCUT2D eigenvalue weighted by atomic mass is 19.1. The van der Waals surface area contributed by atoms with Gasteiger partial charge in [-0.15, -0.1) is 0 Å². The first-order valence-corrected chi connectivity index (χ1v) is 7.90. The van der Waals surface area contributed by atoms with Crippen LogP contribution in [0.1, 0.15) is 24.6 Å². The second-order valence-electron chi connectivity index (χ2n) is 5.69. The van der Waals surface area contributed by atoms with Crippen molar-refractivity contribution in [3.05, 3.63) is 54.1 Å². The van der Waals surface area contributed by atoms with Gasteiger partial charge in [0.2, 0.25) is 0 Å². The normalized spacial score (nSPS) is 19.1. The number of hydrogen-bond acceptors (Lipinski definition) is 4. The molecule has 2 aromatic rings. The summed E-state index contributed by atoms with van der Waals surface area (Å²) in [5.41, 5.74) is 0.854. The molecule has 0 unspecified atom stereocenters. The van der Waals surface area contributed by atoms with E-state index in [9.17, 15) is 4.39 Å². The van der Waals surface area contributed by atoms with E-state index in [0.29, 0.717) is 11.5 Å². The van der Waals surface area contributed by atoms with Gasteiger partial charge in [-0.1, -0.05) is 6.07 Å². The molecule has 0 spiro atoms. The van der Waals surface area contributed by atoms with E-state index in [4.69, 9.17) is 9.47 Å². The maximum absolute atomic E-state index is 13.6. The van der Waals surface area contributed by atoms with Crippen molar-refractivity contribution in [1.82, 2.24) is 10.3 Å². The number of hydrogen-bond donors (Lipinski definition) is 1. The highest BCUT2D eigenvalue weighted by molar-refractivity contribution is 5.40. The molecule has 1 saturated heterocycles. The van der Waals surface area contributed by atoms with Crippen LogP contribution in [0.2, 0.25) is 0 Å². The van der Waals surface area contributed by atoms with E-state index in [1.807, 2.05) is 18.2 Å².